The molecule has 1 aliphatic heterocycles. The van der Waals surface area contributed by atoms with Crippen LogP contribution in [-0.4, -0.2) is 4.57 Å². The molecule has 1 atom stereocenters. The molecule has 122 valence electrons. The van der Waals surface area contributed by atoms with Gasteiger partial charge < -0.3 is 9.88 Å². The number of rotatable bonds is 1. The third-order valence-electron chi connectivity index (χ3n) is 5.24. The van der Waals surface area contributed by atoms with Crippen LogP contribution in [0.2, 0.25) is 5.02 Å². The van der Waals surface area contributed by atoms with Crippen LogP contribution in [0.5, 0.6) is 0 Å². The number of thiophene rings is 1. The van der Waals surface area contributed by atoms with Crippen molar-refractivity contribution in [3.05, 3.63) is 74.9 Å². The highest BCUT2D eigenvalue weighted by Gasteiger charge is 2.28. The number of nitrogens with zero attached hydrogens (tertiary/aromatic N) is 1. The molecular formula is C20H19ClN2S. The lowest BCUT2D eigenvalue weighted by molar-refractivity contribution is 0.595. The van der Waals surface area contributed by atoms with Crippen LogP contribution in [0.1, 0.15) is 46.1 Å². The van der Waals surface area contributed by atoms with Gasteiger partial charge in [0.2, 0.25) is 0 Å². The highest BCUT2D eigenvalue weighted by Crippen LogP contribution is 2.40. The van der Waals surface area contributed by atoms with Gasteiger partial charge in [-0.05, 0) is 61.1 Å². The van der Waals surface area contributed by atoms with Crippen LogP contribution in [0.15, 0.2) is 42.6 Å². The summed E-state index contributed by atoms with van der Waals surface area (Å²) < 4.78 is 2.40. The van der Waals surface area contributed by atoms with Gasteiger partial charge in [0.1, 0.15) is 5.00 Å². The first kappa shape index (κ1) is 14.8. The first-order chi connectivity index (χ1) is 11.8. The summed E-state index contributed by atoms with van der Waals surface area (Å²) in [5, 5.41) is 6.00. The SMILES string of the molecule is Clc1ccc(C2NCc3c(sc4c3CCCC4)-n3cccc32)cc1. The molecule has 3 aromatic rings. The molecule has 1 N–H and O–H groups in total. The van der Waals surface area contributed by atoms with Gasteiger partial charge >= 0.3 is 0 Å². The number of aromatic nitrogens is 1. The first-order valence-corrected chi connectivity index (χ1v) is 9.80. The lowest BCUT2D eigenvalue weighted by Gasteiger charge is -2.19. The van der Waals surface area contributed by atoms with Gasteiger partial charge in [0.15, 0.2) is 0 Å². The summed E-state index contributed by atoms with van der Waals surface area (Å²) in [6, 6.07) is 12.8. The summed E-state index contributed by atoms with van der Waals surface area (Å²) >= 11 is 8.07. The zero-order valence-corrected chi connectivity index (χ0v) is 15.0. The fourth-order valence-corrected chi connectivity index (χ4v) is 5.60. The quantitative estimate of drug-likeness (QED) is 0.630. The van der Waals surface area contributed by atoms with Crippen LogP contribution in [0.25, 0.3) is 5.00 Å². The van der Waals surface area contributed by atoms with Crippen molar-refractivity contribution in [1.29, 1.82) is 0 Å². The van der Waals surface area contributed by atoms with E-state index in [0.717, 1.165) is 11.6 Å². The van der Waals surface area contributed by atoms with Crippen LogP contribution in [0.4, 0.5) is 0 Å². The van der Waals surface area contributed by atoms with Gasteiger partial charge in [-0.2, -0.15) is 0 Å². The normalized spacial score (nSPS) is 19.3. The van der Waals surface area contributed by atoms with E-state index in [0.29, 0.717) is 0 Å². The van der Waals surface area contributed by atoms with E-state index in [-0.39, 0.29) is 6.04 Å². The number of hydrogen-bond acceptors (Lipinski definition) is 2. The smallest absolute Gasteiger partial charge is 0.104 e. The summed E-state index contributed by atoms with van der Waals surface area (Å²) in [4.78, 5) is 1.61. The minimum Gasteiger partial charge on any atom is -0.310 e. The van der Waals surface area contributed by atoms with E-state index in [9.17, 15) is 0 Å². The minimum atomic E-state index is 0.205. The van der Waals surface area contributed by atoms with Crippen LogP contribution >= 0.6 is 22.9 Å². The highest BCUT2D eigenvalue weighted by molar-refractivity contribution is 7.15. The van der Waals surface area contributed by atoms with Crippen molar-refractivity contribution in [2.45, 2.75) is 38.3 Å². The molecule has 0 saturated heterocycles. The molecule has 0 bridgehead atoms. The molecule has 4 heteroatoms. The second-order valence-electron chi connectivity index (χ2n) is 6.66. The Morgan fingerprint density at radius 3 is 2.75 bits per heavy atom. The molecule has 2 aliphatic rings. The monoisotopic (exact) mass is 354 g/mol. The molecule has 5 rings (SSSR count). The standard InChI is InChI=1S/C20H19ClN2S/c21-14-9-7-13(8-10-14)19-17-5-3-11-23(17)20-16(12-22-19)15-4-1-2-6-18(15)24-20/h3,5,7-11,19,22H,1-2,4,6,12H2. The van der Waals surface area contributed by atoms with E-state index in [4.69, 9.17) is 11.6 Å². The zero-order chi connectivity index (χ0) is 16.1. The number of fused-ring (bicyclic) bond motifs is 5. The average molecular weight is 355 g/mol. The van der Waals surface area contributed by atoms with Gasteiger partial charge in [-0.3, -0.25) is 0 Å². The van der Waals surface area contributed by atoms with Gasteiger partial charge in [-0.25, -0.2) is 0 Å². The van der Waals surface area contributed by atoms with Crippen LogP contribution in [0.3, 0.4) is 0 Å². The maximum Gasteiger partial charge on any atom is 0.104 e. The molecule has 2 nitrogen and oxygen atoms in total. The Bertz CT molecular complexity index is 891. The third kappa shape index (κ3) is 2.26. The van der Waals surface area contributed by atoms with Gasteiger partial charge in [0.05, 0.1) is 6.04 Å². The van der Waals surface area contributed by atoms with E-state index in [1.807, 2.05) is 23.5 Å². The average Bonchev–Trinajstić information content (AvgIpc) is 3.18. The Morgan fingerprint density at radius 1 is 1.04 bits per heavy atom. The Kier molecular flexibility index (Phi) is 3.55. The van der Waals surface area contributed by atoms with Crippen molar-refractivity contribution in [2.75, 3.05) is 0 Å². The maximum atomic E-state index is 6.07. The van der Waals surface area contributed by atoms with Crippen molar-refractivity contribution in [3.63, 3.8) is 0 Å². The molecule has 24 heavy (non-hydrogen) atoms. The van der Waals surface area contributed by atoms with Gasteiger partial charge in [-0.1, -0.05) is 23.7 Å². The van der Waals surface area contributed by atoms with E-state index < -0.39 is 0 Å². The lowest BCUT2D eigenvalue weighted by Crippen LogP contribution is -2.21. The van der Waals surface area contributed by atoms with Crippen molar-refractivity contribution >= 4 is 22.9 Å². The molecule has 0 spiro atoms. The Balaban J connectivity index is 1.64. The van der Waals surface area contributed by atoms with Gasteiger partial charge in [0.25, 0.3) is 0 Å². The highest BCUT2D eigenvalue weighted by atomic mass is 35.5. The van der Waals surface area contributed by atoms with E-state index in [1.54, 1.807) is 10.4 Å². The molecule has 2 aromatic heterocycles. The van der Waals surface area contributed by atoms with Crippen molar-refractivity contribution in [3.8, 4) is 5.00 Å². The van der Waals surface area contributed by atoms with Crippen molar-refractivity contribution in [2.24, 2.45) is 0 Å². The molecule has 1 aromatic carbocycles. The number of benzene rings is 1. The molecule has 1 aliphatic carbocycles. The van der Waals surface area contributed by atoms with Crippen LogP contribution in [-0.2, 0) is 19.4 Å². The lowest BCUT2D eigenvalue weighted by atomic mass is 9.95. The first-order valence-electron chi connectivity index (χ1n) is 8.61. The summed E-state index contributed by atoms with van der Waals surface area (Å²) in [6.07, 6.45) is 7.38. The summed E-state index contributed by atoms with van der Waals surface area (Å²) in [5.74, 6) is 0. The fraction of sp³-hybridized carbons (Fsp3) is 0.300. The van der Waals surface area contributed by atoms with Crippen molar-refractivity contribution < 1.29 is 0 Å². The molecule has 1 unspecified atom stereocenters. The number of halogens is 1. The predicted octanol–water partition coefficient (Wildman–Crippen LogP) is 5.26. The second-order valence-corrected chi connectivity index (χ2v) is 8.18. The molecule has 0 radical (unpaired) electrons. The van der Waals surface area contributed by atoms with E-state index >= 15 is 0 Å². The summed E-state index contributed by atoms with van der Waals surface area (Å²) in [7, 11) is 0. The second kappa shape index (κ2) is 5.76. The number of aryl methyl sites for hydroxylation is 1. The third-order valence-corrected chi connectivity index (χ3v) is 6.83. The van der Waals surface area contributed by atoms with Gasteiger partial charge in [-0.15, -0.1) is 11.3 Å². The molecule has 0 amide bonds. The molecule has 0 saturated carbocycles. The van der Waals surface area contributed by atoms with Crippen LogP contribution < -0.4 is 5.32 Å². The molecule has 0 fully saturated rings. The Labute approximate surface area is 151 Å². The predicted molar refractivity (Wildman–Crippen MR) is 100 cm³/mol. The number of hydrogen-bond donors (Lipinski definition) is 1. The van der Waals surface area contributed by atoms with Gasteiger partial charge in [0, 0.05) is 33.9 Å². The van der Waals surface area contributed by atoms with Crippen LogP contribution in [0, 0.1) is 0 Å². The topological polar surface area (TPSA) is 17.0 Å². The van der Waals surface area contributed by atoms with E-state index in [2.05, 4.69) is 40.3 Å². The largest absolute Gasteiger partial charge is 0.310 e. The summed E-state index contributed by atoms with van der Waals surface area (Å²) in [6.45, 7) is 0.941. The maximum absolute atomic E-state index is 6.07. The minimum absolute atomic E-state index is 0.205. The Morgan fingerprint density at radius 2 is 1.88 bits per heavy atom. The zero-order valence-electron chi connectivity index (χ0n) is 13.4. The molecular weight excluding hydrogens is 336 g/mol. The summed E-state index contributed by atoms with van der Waals surface area (Å²) in [5.41, 5.74) is 5.71. The van der Waals surface area contributed by atoms with Crippen molar-refractivity contribution in [1.82, 2.24) is 9.88 Å². The van der Waals surface area contributed by atoms with E-state index in [1.165, 1.54) is 47.5 Å². The molecule has 3 heterocycles. The fourth-order valence-electron chi connectivity index (χ4n) is 4.06. The number of nitrogens with one attached hydrogen (secondary N) is 1. The Hall–Kier alpha value is -1.55.